The van der Waals surface area contributed by atoms with Gasteiger partial charge in [0.05, 0.1) is 38.8 Å². The maximum absolute atomic E-state index is 11.8. The summed E-state index contributed by atoms with van der Waals surface area (Å²) in [5.41, 5.74) is 2.77. The molecule has 2 atom stereocenters. The topological polar surface area (TPSA) is 81.1 Å². The molecule has 1 aliphatic rings. The first-order valence-corrected chi connectivity index (χ1v) is 10.7. The summed E-state index contributed by atoms with van der Waals surface area (Å²) in [7, 11) is 4.77. The highest BCUT2D eigenvalue weighted by Crippen LogP contribution is 2.46. The van der Waals surface area contributed by atoms with Gasteiger partial charge < -0.3 is 19.3 Å². The molecule has 0 spiro atoms. The molecule has 0 aliphatic carbocycles. The molecule has 0 radical (unpaired) electrons. The second-order valence-corrected chi connectivity index (χ2v) is 7.96. The van der Waals surface area contributed by atoms with Gasteiger partial charge in [0.1, 0.15) is 0 Å². The van der Waals surface area contributed by atoms with Gasteiger partial charge in [-0.15, -0.1) is 0 Å². The van der Waals surface area contributed by atoms with Crippen LogP contribution >= 0.6 is 0 Å². The van der Waals surface area contributed by atoms with E-state index in [4.69, 9.17) is 14.2 Å². The van der Waals surface area contributed by atoms with Crippen LogP contribution in [0.15, 0.2) is 48.7 Å². The predicted octanol–water partition coefficient (Wildman–Crippen LogP) is 4.15. The van der Waals surface area contributed by atoms with Crippen molar-refractivity contribution in [3.8, 4) is 17.2 Å². The van der Waals surface area contributed by atoms with Gasteiger partial charge in [-0.25, -0.2) is 0 Å². The van der Waals surface area contributed by atoms with Crippen LogP contribution in [0.4, 0.5) is 0 Å². The van der Waals surface area contributed by atoms with Gasteiger partial charge in [0.25, 0.3) is 0 Å². The fourth-order valence-electron chi connectivity index (χ4n) is 4.61. The van der Waals surface area contributed by atoms with Crippen LogP contribution in [0.3, 0.4) is 0 Å². The number of ether oxygens (including phenoxy) is 3. The Morgan fingerprint density at radius 1 is 1.09 bits per heavy atom. The van der Waals surface area contributed by atoms with Gasteiger partial charge in [0, 0.05) is 23.7 Å². The minimum atomic E-state index is -0.760. The Labute approximate surface area is 187 Å². The lowest BCUT2D eigenvalue weighted by atomic mass is 9.91. The minimum absolute atomic E-state index is 0.246. The number of methoxy groups -OCH3 is 3. The average molecular weight is 437 g/mol. The van der Waals surface area contributed by atoms with Crippen LogP contribution in [0.2, 0.25) is 0 Å². The van der Waals surface area contributed by atoms with Crippen LogP contribution in [0.1, 0.15) is 30.0 Å². The SMILES string of the molecule is COc1ccc(C(c2cnc3ccccc3c2)N2CCCC(C(=O)O)C2)c(OC)c1OC. The molecule has 0 saturated carbocycles. The molecule has 2 heterocycles. The van der Waals surface area contributed by atoms with Gasteiger partial charge >= 0.3 is 5.97 Å². The van der Waals surface area contributed by atoms with Crippen LogP contribution in [0, 0.1) is 5.92 Å². The summed E-state index contributed by atoms with van der Waals surface area (Å²) in [4.78, 5) is 18.7. The summed E-state index contributed by atoms with van der Waals surface area (Å²) < 4.78 is 16.9. The summed E-state index contributed by atoms with van der Waals surface area (Å²) in [5.74, 6) is 0.487. The second-order valence-electron chi connectivity index (χ2n) is 7.96. The van der Waals surface area contributed by atoms with Gasteiger partial charge in [-0.1, -0.05) is 18.2 Å². The van der Waals surface area contributed by atoms with Crippen LogP contribution < -0.4 is 14.2 Å². The molecule has 2 aromatic carbocycles. The summed E-state index contributed by atoms with van der Waals surface area (Å²) >= 11 is 0. The van der Waals surface area contributed by atoms with Crippen LogP contribution in [-0.2, 0) is 4.79 Å². The van der Waals surface area contributed by atoms with Crippen molar-refractivity contribution >= 4 is 16.9 Å². The van der Waals surface area contributed by atoms with Crippen molar-refractivity contribution in [1.82, 2.24) is 9.88 Å². The van der Waals surface area contributed by atoms with Crippen molar-refractivity contribution in [1.29, 1.82) is 0 Å². The van der Waals surface area contributed by atoms with Crippen molar-refractivity contribution in [2.24, 2.45) is 5.92 Å². The van der Waals surface area contributed by atoms with Crippen molar-refractivity contribution < 1.29 is 24.1 Å². The number of carbonyl (C=O) groups is 1. The van der Waals surface area contributed by atoms with Crippen LogP contribution in [-0.4, -0.2) is 55.4 Å². The Kier molecular flexibility index (Phi) is 6.46. The molecule has 4 rings (SSSR count). The third-order valence-electron chi connectivity index (χ3n) is 6.12. The third-order valence-corrected chi connectivity index (χ3v) is 6.12. The number of carboxylic acid groups (broad SMARTS) is 1. The Morgan fingerprint density at radius 3 is 2.59 bits per heavy atom. The third kappa shape index (κ3) is 4.08. The molecule has 7 heteroatoms. The highest BCUT2D eigenvalue weighted by Gasteiger charge is 2.34. The normalized spacial score (nSPS) is 17.7. The summed E-state index contributed by atoms with van der Waals surface area (Å²) in [6, 6.07) is 13.7. The van der Waals surface area contributed by atoms with E-state index in [9.17, 15) is 9.90 Å². The molecule has 1 saturated heterocycles. The van der Waals surface area contributed by atoms with Crippen molar-refractivity contribution in [3.63, 3.8) is 0 Å². The second kappa shape index (κ2) is 9.44. The Hall–Kier alpha value is -3.32. The molecule has 7 nitrogen and oxygen atoms in total. The van der Waals surface area contributed by atoms with Gasteiger partial charge in [0.2, 0.25) is 5.75 Å². The summed E-state index contributed by atoms with van der Waals surface area (Å²) in [6.45, 7) is 1.23. The molecule has 32 heavy (non-hydrogen) atoms. The number of fused-ring (bicyclic) bond motifs is 1. The standard InChI is InChI=1S/C25H28N2O5/c1-30-21-11-10-19(23(31-2)24(21)32-3)22(27-12-6-8-17(15-27)25(28)29)18-13-16-7-4-5-9-20(16)26-14-18/h4-5,7,9-11,13-14,17,22H,6,8,12,15H2,1-3H3,(H,28,29). The molecule has 0 bridgehead atoms. The van der Waals surface area contributed by atoms with E-state index in [0.29, 0.717) is 30.2 Å². The quantitative estimate of drug-likeness (QED) is 0.596. The smallest absolute Gasteiger partial charge is 0.307 e. The molecular weight excluding hydrogens is 408 g/mol. The Balaban J connectivity index is 1.88. The zero-order chi connectivity index (χ0) is 22.7. The number of piperidine rings is 1. The first kappa shape index (κ1) is 21.9. The lowest BCUT2D eigenvalue weighted by molar-refractivity contribution is -0.143. The molecule has 3 aromatic rings. The lowest BCUT2D eigenvalue weighted by Crippen LogP contribution is -2.41. The van der Waals surface area contributed by atoms with Gasteiger partial charge in [-0.05, 0) is 49.2 Å². The molecule has 2 unspecified atom stereocenters. The van der Waals surface area contributed by atoms with Crippen molar-refractivity contribution in [3.05, 3.63) is 59.8 Å². The number of hydrogen-bond donors (Lipinski definition) is 1. The van der Waals surface area contributed by atoms with Crippen molar-refractivity contribution in [2.75, 3.05) is 34.4 Å². The number of para-hydroxylation sites is 1. The number of benzene rings is 2. The van der Waals surface area contributed by atoms with E-state index in [1.165, 1.54) is 0 Å². The average Bonchev–Trinajstić information content (AvgIpc) is 2.83. The van der Waals surface area contributed by atoms with E-state index in [-0.39, 0.29) is 6.04 Å². The van der Waals surface area contributed by atoms with E-state index >= 15 is 0 Å². The van der Waals surface area contributed by atoms with Crippen molar-refractivity contribution in [2.45, 2.75) is 18.9 Å². The van der Waals surface area contributed by atoms with Crippen LogP contribution in [0.5, 0.6) is 17.2 Å². The first-order chi connectivity index (χ1) is 15.6. The fourth-order valence-corrected chi connectivity index (χ4v) is 4.61. The lowest BCUT2D eigenvalue weighted by Gasteiger charge is -2.38. The molecule has 1 aliphatic heterocycles. The zero-order valence-corrected chi connectivity index (χ0v) is 18.6. The maximum atomic E-state index is 11.8. The largest absolute Gasteiger partial charge is 0.493 e. The molecule has 0 amide bonds. The molecule has 1 aromatic heterocycles. The summed E-state index contributed by atoms with van der Waals surface area (Å²) in [6.07, 6.45) is 3.36. The minimum Gasteiger partial charge on any atom is -0.493 e. The number of hydrogen-bond acceptors (Lipinski definition) is 6. The van der Waals surface area contributed by atoms with E-state index in [1.54, 1.807) is 21.3 Å². The van der Waals surface area contributed by atoms with E-state index in [2.05, 4.69) is 16.0 Å². The summed E-state index contributed by atoms with van der Waals surface area (Å²) in [5, 5.41) is 10.7. The number of aliphatic carboxylic acids is 1. The molecule has 168 valence electrons. The Bertz CT molecular complexity index is 1120. The monoisotopic (exact) mass is 436 g/mol. The maximum Gasteiger partial charge on any atom is 0.307 e. The molecule has 1 fully saturated rings. The Morgan fingerprint density at radius 2 is 1.88 bits per heavy atom. The highest BCUT2D eigenvalue weighted by atomic mass is 16.5. The first-order valence-electron chi connectivity index (χ1n) is 10.7. The number of nitrogens with zero attached hydrogens (tertiary/aromatic N) is 2. The van der Waals surface area contributed by atoms with Gasteiger partial charge in [-0.2, -0.15) is 0 Å². The molecular formula is C25H28N2O5. The van der Waals surface area contributed by atoms with E-state index in [0.717, 1.165) is 35.0 Å². The predicted molar refractivity (Wildman–Crippen MR) is 122 cm³/mol. The zero-order valence-electron chi connectivity index (χ0n) is 18.6. The van der Waals surface area contributed by atoms with Gasteiger partial charge in [-0.3, -0.25) is 14.7 Å². The van der Waals surface area contributed by atoms with Gasteiger partial charge in [0.15, 0.2) is 11.5 Å². The van der Waals surface area contributed by atoms with E-state index < -0.39 is 11.9 Å². The number of pyridine rings is 1. The fraction of sp³-hybridized carbons (Fsp3) is 0.360. The number of aromatic nitrogens is 1. The molecule has 1 N–H and O–H groups in total. The highest BCUT2D eigenvalue weighted by molar-refractivity contribution is 5.79. The number of likely N-dealkylation sites (tertiary alicyclic amines) is 1. The van der Waals surface area contributed by atoms with E-state index in [1.807, 2.05) is 42.6 Å². The number of carboxylic acids is 1. The number of rotatable bonds is 7. The van der Waals surface area contributed by atoms with Crippen LogP contribution in [0.25, 0.3) is 10.9 Å².